The molecule has 2 unspecified atom stereocenters. The lowest BCUT2D eigenvalue weighted by Gasteiger charge is -2.37. The number of carbonyl (C=O) groups excluding carboxylic acids is 2. The molecule has 0 saturated heterocycles. The number of hydrogen-bond donors (Lipinski definition) is 0. The second-order valence-electron chi connectivity index (χ2n) is 20.0. The fourth-order valence-electron chi connectivity index (χ4n) is 12.8. The summed E-state index contributed by atoms with van der Waals surface area (Å²) in [4.78, 5) is 43.3. The Kier molecular flexibility index (Phi) is 15.7. The van der Waals surface area contributed by atoms with Crippen LogP contribution in [0.25, 0.3) is 22.1 Å². The third-order valence-corrected chi connectivity index (χ3v) is 16.8. The van der Waals surface area contributed by atoms with Crippen LogP contribution in [0.3, 0.4) is 0 Å². The summed E-state index contributed by atoms with van der Waals surface area (Å²) in [6.07, 6.45) is 24.0. The highest BCUT2D eigenvalue weighted by Gasteiger charge is 2.34. The molecule has 8 nitrogen and oxygen atoms in total. The van der Waals surface area contributed by atoms with Gasteiger partial charge in [-0.05, 0) is 145 Å². The summed E-state index contributed by atoms with van der Waals surface area (Å²) in [5.41, 5.74) is 4.76. The van der Waals surface area contributed by atoms with E-state index >= 15 is 4.39 Å². The van der Waals surface area contributed by atoms with Crippen molar-refractivity contribution in [3.05, 3.63) is 57.8 Å². The van der Waals surface area contributed by atoms with Gasteiger partial charge in [0, 0.05) is 67.4 Å². The largest absolute Gasteiger partial charge is 0.340 e. The third kappa shape index (κ3) is 10.3. The van der Waals surface area contributed by atoms with E-state index in [1.807, 2.05) is 6.07 Å². The Hall–Kier alpha value is -3.27. The molecule has 4 fully saturated rings. The molecule has 4 saturated carbocycles. The summed E-state index contributed by atoms with van der Waals surface area (Å²) in [6.45, 7) is 11.5. The standard InChI is InChI=1S/C53H76BrFN6O2/c1-5-14-37-23-27-39(28-24-37)52-56-50-44(34-41(54)35-47(50)61(52)32-30-48(62)58(7-3)42-16-10-9-11-17-42)40-15-12-18-43(33-40)59(8-4)49(63)29-31-60-46-20-13-19-45(55)51(46)57-53(60)38-25-21-36(6-2)22-26-38/h13,19-20,34-40,42-43H,5-12,14-18,21-33H2,1-4H3/t36-,37-,38-,39-,40?,43?. The fourth-order valence-corrected chi connectivity index (χ4v) is 13.3. The number of halogens is 2. The van der Waals surface area contributed by atoms with Crippen molar-refractivity contribution < 1.29 is 14.0 Å². The van der Waals surface area contributed by atoms with E-state index in [0.717, 1.165) is 109 Å². The second kappa shape index (κ2) is 21.4. The Balaban J connectivity index is 1.02. The van der Waals surface area contributed by atoms with Gasteiger partial charge in [-0.1, -0.05) is 80.8 Å². The van der Waals surface area contributed by atoms with Crippen molar-refractivity contribution in [1.82, 2.24) is 28.9 Å². The van der Waals surface area contributed by atoms with Crippen molar-refractivity contribution >= 4 is 49.8 Å². The number of para-hydroxylation sites is 1. The molecule has 4 aliphatic rings. The molecule has 4 aliphatic carbocycles. The van der Waals surface area contributed by atoms with Crippen LogP contribution >= 0.6 is 15.9 Å². The first-order chi connectivity index (χ1) is 30.7. The topological polar surface area (TPSA) is 76.3 Å². The highest BCUT2D eigenvalue weighted by molar-refractivity contribution is 9.10. The van der Waals surface area contributed by atoms with E-state index in [-0.39, 0.29) is 29.6 Å². The summed E-state index contributed by atoms with van der Waals surface area (Å²) in [7, 11) is 0. The Labute approximate surface area is 385 Å². The maximum Gasteiger partial charge on any atom is 0.224 e. The predicted octanol–water partition coefficient (Wildman–Crippen LogP) is 13.6. The Morgan fingerprint density at radius 3 is 1.87 bits per heavy atom. The van der Waals surface area contributed by atoms with Crippen LogP contribution < -0.4 is 0 Å². The molecule has 2 atom stereocenters. The number of aryl methyl sites for hydroxylation is 2. The number of aromatic nitrogens is 4. The fraction of sp³-hybridized carbons (Fsp3) is 0.698. The van der Waals surface area contributed by atoms with E-state index in [9.17, 15) is 9.59 Å². The second-order valence-corrected chi connectivity index (χ2v) is 20.9. The van der Waals surface area contributed by atoms with Crippen molar-refractivity contribution in [3.63, 3.8) is 0 Å². The predicted molar refractivity (Wildman–Crippen MR) is 258 cm³/mol. The van der Waals surface area contributed by atoms with Crippen molar-refractivity contribution in [2.24, 2.45) is 11.8 Å². The molecule has 63 heavy (non-hydrogen) atoms. The van der Waals surface area contributed by atoms with Crippen LogP contribution in [0.1, 0.15) is 204 Å². The van der Waals surface area contributed by atoms with Gasteiger partial charge in [0.15, 0.2) is 5.82 Å². The van der Waals surface area contributed by atoms with Gasteiger partial charge in [0.2, 0.25) is 11.8 Å². The molecule has 4 aromatic rings. The number of amides is 2. The summed E-state index contributed by atoms with van der Waals surface area (Å²) < 4.78 is 20.8. The van der Waals surface area contributed by atoms with Crippen LogP contribution in [-0.4, -0.2) is 65.9 Å². The molecule has 0 N–H and O–H groups in total. The van der Waals surface area contributed by atoms with Gasteiger partial charge in [0.1, 0.15) is 17.2 Å². The zero-order chi connectivity index (χ0) is 44.0. The minimum atomic E-state index is -0.284. The summed E-state index contributed by atoms with van der Waals surface area (Å²) >= 11 is 3.95. The van der Waals surface area contributed by atoms with Gasteiger partial charge in [0.05, 0.1) is 16.6 Å². The molecular weight excluding hydrogens is 852 g/mol. The van der Waals surface area contributed by atoms with Crippen LogP contribution in [0.15, 0.2) is 34.8 Å². The van der Waals surface area contributed by atoms with Crippen molar-refractivity contribution in [1.29, 1.82) is 0 Å². The average Bonchev–Trinajstić information content (AvgIpc) is 3.87. The molecule has 10 heteroatoms. The zero-order valence-corrected chi connectivity index (χ0v) is 40.7. The number of carbonyl (C=O) groups is 2. The van der Waals surface area contributed by atoms with Crippen LogP contribution in [-0.2, 0) is 22.7 Å². The number of rotatable bonds is 16. The normalized spacial score (nSPS) is 24.9. The lowest BCUT2D eigenvalue weighted by atomic mass is 9.79. The van der Waals surface area contributed by atoms with Crippen LogP contribution in [0, 0.1) is 17.7 Å². The van der Waals surface area contributed by atoms with Gasteiger partial charge in [-0.25, -0.2) is 14.4 Å². The zero-order valence-electron chi connectivity index (χ0n) is 39.1. The monoisotopic (exact) mass is 927 g/mol. The number of imidazole rings is 2. The SMILES string of the molecule is CCC[C@H]1CC[C@H](c2nc3c(C4CCCC(N(CC)C(=O)CCn5c6cccc(F)c6nc5[C@H]5CC[C@H](CC)CC5)C4)cc(Br)cc3n2CCC(=O)N(CC)C2CCCCC2)CC1. The summed E-state index contributed by atoms with van der Waals surface area (Å²) in [5.74, 6) is 4.84. The molecule has 2 heterocycles. The molecule has 8 rings (SSSR count). The molecule has 0 aliphatic heterocycles. The van der Waals surface area contributed by atoms with E-state index in [4.69, 9.17) is 9.97 Å². The Morgan fingerprint density at radius 1 is 0.667 bits per heavy atom. The van der Waals surface area contributed by atoms with E-state index in [1.54, 1.807) is 6.07 Å². The Morgan fingerprint density at radius 2 is 1.25 bits per heavy atom. The molecule has 2 aromatic carbocycles. The van der Waals surface area contributed by atoms with Crippen molar-refractivity contribution in [3.8, 4) is 0 Å². The molecule has 344 valence electrons. The van der Waals surface area contributed by atoms with Gasteiger partial charge < -0.3 is 18.9 Å². The molecule has 2 amide bonds. The first-order valence-electron chi connectivity index (χ1n) is 25.6. The maximum atomic E-state index is 15.1. The minimum Gasteiger partial charge on any atom is -0.340 e. The molecular formula is C53H76BrFN6O2. The molecule has 0 spiro atoms. The molecule has 0 radical (unpaired) electrons. The van der Waals surface area contributed by atoms with E-state index < -0.39 is 0 Å². The highest BCUT2D eigenvalue weighted by atomic mass is 79.9. The van der Waals surface area contributed by atoms with Gasteiger partial charge in [-0.2, -0.15) is 0 Å². The van der Waals surface area contributed by atoms with Gasteiger partial charge in [0.25, 0.3) is 0 Å². The van der Waals surface area contributed by atoms with E-state index in [0.29, 0.717) is 55.9 Å². The van der Waals surface area contributed by atoms with E-state index in [1.165, 1.54) is 81.7 Å². The average molecular weight is 928 g/mol. The summed E-state index contributed by atoms with van der Waals surface area (Å²) in [6, 6.07) is 10.3. The first-order valence-corrected chi connectivity index (χ1v) is 26.4. The molecule has 2 aromatic heterocycles. The van der Waals surface area contributed by atoms with Crippen molar-refractivity contribution in [2.75, 3.05) is 13.1 Å². The van der Waals surface area contributed by atoms with Gasteiger partial charge in [-0.15, -0.1) is 0 Å². The van der Waals surface area contributed by atoms with Crippen LogP contribution in [0.4, 0.5) is 4.39 Å². The Bertz CT molecular complexity index is 2160. The third-order valence-electron chi connectivity index (χ3n) is 16.3. The maximum absolute atomic E-state index is 15.1. The first kappa shape index (κ1) is 46.3. The quantitative estimate of drug-likeness (QED) is 0.112. The highest BCUT2D eigenvalue weighted by Crippen LogP contribution is 2.44. The lowest BCUT2D eigenvalue weighted by Crippen LogP contribution is -2.42. The minimum absolute atomic E-state index is 0.142. The smallest absolute Gasteiger partial charge is 0.224 e. The van der Waals surface area contributed by atoms with Crippen LogP contribution in [0.2, 0.25) is 0 Å². The number of nitrogens with zero attached hydrogens (tertiary/aromatic N) is 6. The van der Waals surface area contributed by atoms with E-state index in [2.05, 4.69) is 74.7 Å². The lowest BCUT2D eigenvalue weighted by molar-refractivity contribution is -0.135. The number of benzene rings is 2. The number of hydrogen-bond acceptors (Lipinski definition) is 4. The molecule has 0 bridgehead atoms. The van der Waals surface area contributed by atoms with Gasteiger partial charge in [-0.3, -0.25) is 9.59 Å². The number of fused-ring (bicyclic) bond motifs is 2. The van der Waals surface area contributed by atoms with Crippen LogP contribution in [0.5, 0.6) is 0 Å². The summed E-state index contributed by atoms with van der Waals surface area (Å²) in [5, 5.41) is 0. The van der Waals surface area contributed by atoms with Gasteiger partial charge >= 0.3 is 0 Å². The van der Waals surface area contributed by atoms with Crippen molar-refractivity contribution in [2.45, 2.75) is 212 Å².